The Kier molecular flexibility index (Phi) is 9.11. The van der Waals surface area contributed by atoms with Gasteiger partial charge < -0.3 is 10.1 Å². The minimum Gasteiger partial charge on any atom is -0.406 e. The number of aryl methyl sites for hydroxylation is 2. The van der Waals surface area contributed by atoms with Crippen LogP contribution in [-0.4, -0.2) is 49.6 Å². The number of thioether (sulfide) groups is 1. The Balaban J connectivity index is 1.16. The number of halogens is 3. The molecule has 2 heterocycles. The lowest BCUT2D eigenvalue weighted by atomic mass is 10.1. The zero-order chi connectivity index (χ0) is 30.6. The van der Waals surface area contributed by atoms with Crippen molar-refractivity contribution in [3.63, 3.8) is 0 Å². The fraction of sp³-hybridized carbons (Fsp3) is 0.233. The van der Waals surface area contributed by atoms with Crippen LogP contribution in [0.15, 0.2) is 78.0 Å². The standard InChI is InChI=1S/C30H27F3N6O2S2/c1-3-21-16-19(2)4-13-25(21)39-26(40)17-43-29(39)36-28(42)34-15-14-20-5-7-22(8-6-20)27-35-18-38(37-27)23-9-11-24(12-10-23)41-30(31,32)33/h4-13,16,18H,3,14-15,17H2,1-2H3,(H,34,42). The molecule has 1 amide bonds. The maximum Gasteiger partial charge on any atom is 0.573 e. The summed E-state index contributed by atoms with van der Waals surface area (Å²) in [5.74, 6) is 0.474. The molecule has 0 radical (unpaired) electrons. The fourth-order valence-electron chi connectivity index (χ4n) is 4.48. The molecule has 8 nitrogen and oxygen atoms in total. The van der Waals surface area contributed by atoms with Crippen LogP contribution in [0, 0.1) is 6.92 Å². The van der Waals surface area contributed by atoms with E-state index in [4.69, 9.17) is 12.2 Å². The SMILES string of the molecule is CCc1cc(C)ccc1N1C(=O)CSC1=NC(=S)NCCc1ccc(-c2ncn(-c3ccc(OC(F)(F)F)cc3)n2)cc1. The molecule has 4 aromatic rings. The van der Waals surface area contributed by atoms with Crippen molar-refractivity contribution in [1.82, 2.24) is 20.1 Å². The van der Waals surface area contributed by atoms with Gasteiger partial charge in [0.05, 0.1) is 17.1 Å². The molecule has 1 saturated heterocycles. The number of rotatable bonds is 8. The third kappa shape index (κ3) is 7.59. The molecular formula is C30H27F3N6O2S2. The van der Waals surface area contributed by atoms with E-state index in [9.17, 15) is 18.0 Å². The van der Waals surface area contributed by atoms with E-state index >= 15 is 0 Å². The summed E-state index contributed by atoms with van der Waals surface area (Å²) in [6.07, 6.45) is -1.76. The van der Waals surface area contributed by atoms with Gasteiger partial charge in [-0.15, -0.1) is 18.3 Å². The van der Waals surface area contributed by atoms with Crippen LogP contribution in [0.5, 0.6) is 5.75 Å². The van der Waals surface area contributed by atoms with Crippen LogP contribution in [0.4, 0.5) is 18.9 Å². The number of aromatic nitrogens is 3. The number of aliphatic imine (C=N–C) groups is 1. The molecule has 0 bridgehead atoms. The van der Waals surface area contributed by atoms with Crippen molar-refractivity contribution in [3.05, 3.63) is 89.7 Å². The number of benzene rings is 3. The van der Waals surface area contributed by atoms with Crippen molar-refractivity contribution in [2.45, 2.75) is 33.1 Å². The highest BCUT2D eigenvalue weighted by atomic mass is 32.2. The Morgan fingerprint density at radius 2 is 1.86 bits per heavy atom. The van der Waals surface area contributed by atoms with Gasteiger partial charge in [0, 0.05) is 12.1 Å². The Morgan fingerprint density at radius 1 is 1.12 bits per heavy atom. The number of carbonyl (C=O) groups excluding carboxylic acids is 1. The second kappa shape index (κ2) is 13.0. The van der Waals surface area contributed by atoms with Gasteiger partial charge in [-0.05, 0) is 73.4 Å². The maximum absolute atomic E-state index is 12.7. The second-order valence-electron chi connectivity index (χ2n) is 9.63. The van der Waals surface area contributed by atoms with Gasteiger partial charge in [0.15, 0.2) is 16.1 Å². The lowest BCUT2D eigenvalue weighted by Gasteiger charge is -2.20. The molecule has 1 N–H and O–H groups in total. The summed E-state index contributed by atoms with van der Waals surface area (Å²) in [5, 5.41) is 8.48. The normalized spacial score (nSPS) is 14.4. The molecule has 0 atom stereocenters. The summed E-state index contributed by atoms with van der Waals surface area (Å²) >= 11 is 6.84. The van der Waals surface area contributed by atoms with Gasteiger partial charge in [-0.3, -0.25) is 9.69 Å². The number of amidine groups is 1. The average Bonchev–Trinajstić information content (AvgIpc) is 3.60. The number of nitrogens with one attached hydrogen (secondary N) is 1. The molecule has 222 valence electrons. The Hall–Kier alpha value is -4.23. The molecular weight excluding hydrogens is 597 g/mol. The molecule has 1 aliphatic rings. The molecule has 3 aromatic carbocycles. The largest absolute Gasteiger partial charge is 0.573 e. The number of nitrogens with zero attached hydrogens (tertiary/aromatic N) is 5. The lowest BCUT2D eigenvalue weighted by molar-refractivity contribution is -0.274. The van der Waals surface area contributed by atoms with Crippen molar-refractivity contribution >= 4 is 45.9 Å². The smallest absolute Gasteiger partial charge is 0.406 e. The predicted octanol–water partition coefficient (Wildman–Crippen LogP) is 6.26. The fourth-order valence-corrected chi connectivity index (χ4v) is 5.59. The summed E-state index contributed by atoms with van der Waals surface area (Å²) in [7, 11) is 0. The number of hydrogen-bond acceptors (Lipinski definition) is 6. The number of ether oxygens (including phenoxy) is 1. The van der Waals surface area contributed by atoms with Gasteiger partial charge in [-0.2, -0.15) is 4.99 Å². The molecule has 0 spiro atoms. The number of carbonyl (C=O) groups is 1. The van der Waals surface area contributed by atoms with Crippen LogP contribution >= 0.6 is 24.0 Å². The van der Waals surface area contributed by atoms with Crippen LogP contribution in [-0.2, 0) is 17.6 Å². The highest BCUT2D eigenvalue weighted by Gasteiger charge is 2.32. The van der Waals surface area contributed by atoms with E-state index in [-0.39, 0.29) is 11.7 Å². The summed E-state index contributed by atoms with van der Waals surface area (Å²) < 4.78 is 42.6. The highest BCUT2D eigenvalue weighted by Crippen LogP contribution is 2.31. The maximum atomic E-state index is 12.7. The molecule has 1 aliphatic heterocycles. The molecule has 13 heteroatoms. The van der Waals surface area contributed by atoms with E-state index in [1.807, 2.05) is 43.3 Å². The van der Waals surface area contributed by atoms with E-state index < -0.39 is 6.36 Å². The Bertz CT molecular complexity index is 1650. The minimum atomic E-state index is -4.75. The van der Waals surface area contributed by atoms with Crippen molar-refractivity contribution in [2.75, 3.05) is 17.2 Å². The van der Waals surface area contributed by atoms with E-state index in [1.165, 1.54) is 47.0 Å². The van der Waals surface area contributed by atoms with Crippen molar-refractivity contribution in [1.29, 1.82) is 0 Å². The van der Waals surface area contributed by atoms with Crippen LogP contribution in [0.25, 0.3) is 17.1 Å². The first-order valence-corrected chi connectivity index (χ1v) is 14.8. The first kappa shape index (κ1) is 30.2. The summed E-state index contributed by atoms with van der Waals surface area (Å²) in [6.45, 7) is 4.65. The molecule has 0 saturated carbocycles. The van der Waals surface area contributed by atoms with Crippen LogP contribution in [0.1, 0.15) is 23.6 Å². The van der Waals surface area contributed by atoms with Gasteiger partial charge in [0.2, 0.25) is 5.91 Å². The molecule has 0 aliphatic carbocycles. The average molecular weight is 625 g/mol. The molecule has 43 heavy (non-hydrogen) atoms. The van der Waals surface area contributed by atoms with E-state index in [2.05, 4.69) is 38.1 Å². The number of amides is 1. The van der Waals surface area contributed by atoms with Crippen molar-refractivity contribution < 1.29 is 22.7 Å². The van der Waals surface area contributed by atoms with Crippen LogP contribution < -0.4 is 15.0 Å². The van der Waals surface area contributed by atoms with Gasteiger partial charge in [-0.25, -0.2) is 9.67 Å². The van der Waals surface area contributed by atoms with E-state index in [1.54, 1.807) is 4.90 Å². The third-order valence-corrected chi connectivity index (χ3v) is 7.71. The molecule has 1 aromatic heterocycles. The number of alkyl halides is 3. The zero-order valence-electron chi connectivity index (χ0n) is 23.3. The number of thiocarbonyl (C=S) groups is 1. The van der Waals surface area contributed by atoms with Crippen LogP contribution in [0.2, 0.25) is 0 Å². The molecule has 0 unspecified atom stereocenters. The third-order valence-electron chi connectivity index (χ3n) is 6.55. The van der Waals surface area contributed by atoms with Crippen molar-refractivity contribution in [2.24, 2.45) is 4.99 Å². The van der Waals surface area contributed by atoms with Gasteiger partial charge in [0.25, 0.3) is 0 Å². The summed E-state index contributed by atoms with van der Waals surface area (Å²) in [5.41, 5.74) is 5.47. The Labute approximate surface area is 256 Å². The number of hydrogen-bond donors (Lipinski definition) is 1. The van der Waals surface area contributed by atoms with Gasteiger partial charge in [-0.1, -0.05) is 60.6 Å². The topological polar surface area (TPSA) is 84.6 Å². The first-order chi connectivity index (χ1) is 20.6. The Morgan fingerprint density at radius 3 is 2.56 bits per heavy atom. The first-order valence-electron chi connectivity index (χ1n) is 13.4. The summed E-state index contributed by atoms with van der Waals surface area (Å²) in [4.78, 5) is 23.2. The van der Waals surface area contributed by atoms with Gasteiger partial charge in [0.1, 0.15) is 12.1 Å². The molecule has 5 rings (SSSR count). The quantitative estimate of drug-likeness (QED) is 0.232. The van der Waals surface area contributed by atoms with E-state index in [0.29, 0.717) is 40.5 Å². The summed E-state index contributed by atoms with van der Waals surface area (Å²) in [6, 6.07) is 19.2. The monoisotopic (exact) mass is 624 g/mol. The highest BCUT2D eigenvalue weighted by molar-refractivity contribution is 8.15. The minimum absolute atomic E-state index is 0.0158. The zero-order valence-corrected chi connectivity index (χ0v) is 24.9. The number of anilines is 1. The molecule has 1 fully saturated rings. The second-order valence-corrected chi connectivity index (χ2v) is 11.0. The van der Waals surface area contributed by atoms with Crippen LogP contribution in [0.3, 0.4) is 0 Å². The predicted molar refractivity (Wildman–Crippen MR) is 166 cm³/mol. The lowest BCUT2D eigenvalue weighted by Crippen LogP contribution is -2.32. The van der Waals surface area contributed by atoms with Gasteiger partial charge >= 0.3 is 6.36 Å². The van der Waals surface area contributed by atoms with E-state index in [0.717, 1.165) is 34.4 Å². The van der Waals surface area contributed by atoms with Crippen molar-refractivity contribution in [3.8, 4) is 22.8 Å².